The molecule has 2 aromatic heterocycles. The minimum Gasteiger partial charge on any atom is -0.280 e. The molecule has 0 atom stereocenters. The Morgan fingerprint density at radius 2 is 1.88 bits per heavy atom. The molecule has 3 rings (SSSR count). The van der Waals surface area contributed by atoms with Gasteiger partial charge in [0.25, 0.3) is 5.56 Å². The van der Waals surface area contributed by atoms with E-state index in [0.717, 1.165) is 20.6 Å². The highest BCUT2D eigenvalue weighted by Crippen LogP contribution is 2.31. The van der Waals surface area contributed by atoms with Crippen LogP contribution in [0, 0.1) is 6.92 Å². The lowest BCUT2D eigenvalue weighted by atomic mass is 10.2. The van der Waals surface area contributed by atoms with Crippen molar-refractivity contribution in [2.24, 2.45) is 14.1 Å². The molecule has 0 radical (unpaired) electrons. The van der Waals surface area contributed by atoms with Crippen molar-refractivity contribution in [3.05, 3.63) is 67.4 Å². The standard InChI is InChI=1S/C17H16ClN3O2S/c1-10-8-19-15-13(16(22)21(3)17(23)20(15)2)14(10)24-9-11-6-4-5-7-12(11)18/h4-8H,9H2,1-3H3. The molecule has 124 valence electrons. The second-order valence-corrected chi connectivity index (χ2v) is 6.95. The molecular formula is C17H16ClN3O2S. The summed E-state index contributed by atoms with van der Waals surface area (Å²) in [6.07, 6.45) is 1.69. The van der Waals surface area contributed by atoms with E-state index in [9.17, 15) is 9.59 Å². The number of pyridine rings is 1. The van der Waals surface area contributed by atoms with Gasteiger partial charge in [-0.3, -0.25) is 13.9 Å². The van der Waals surface area contributed by atoms with Crippen LogP contribution in [-0.2, 0) is 19.8 Å². The summed E-state index contributed by atoms with van der Waals surface area (Å²) >= 11 is 7.74. The molecule has 7 heteroatoms. The van der Waals surface area contributed by atoms with Gasteiger partial charge in [0.1, 0.15) is 5.65 Å². The van der Waals surface area contributed by atoms with E-state index < -0.39 is 0 Å². The zero-order valence-corrected chi connectivity index (χ0v) is 15.1. The summed E-state index contributed by atoms with van der Waals surface area (Å²) in [6.45, 7) is 1.91. The summed E-state index contributed by atoms with van der Waals surface area (Å²) in [4.78, 5) is 29.8. The molecule has 0 saturated carbocycles. The first-order chi connectivity index (χ1) is 11.4. The first-order valence-corrected chi connectivity index (χ1v) is 8.69. The van der Waals surface area contributed by atoms with E-state index in [4.69, 9.17) is 11.6 Å². The first-order valence-electron chi connectivity index (χ1n) is 7.33. The third kappa shape index (κ3) is 2.76. The fourth-order valence-electron chi connectivity index (χ4n) is 2.55. The Hall–Kier alpha value is -2.05. The number of nitrogens with zero attached hydrogens (tertiary/aromatic N) is 3. The topological polar surface area (TPSA) is 56.9 Å². The van der Waals surface area contributed by atoms with E-state index in [0.29, 0.717) is 21.8 Å². The quantitative estimate of drug-likeness (QED) is 0.673. The molecular weight excluding hydrogens is 346 g/mol. The van der Waals surface area contributed by atoms with Crippen LogP contribution in [0.2, 0.25) is 5.02 Å². The van der Waals surface area contributed by atoms with Gasteiger partial charge in [-0.25, -0.2) is 9.78 Å². The van der Waals surface area contributed by atoms with Gasteiger partial charge < -0.3 is 0 Å². The van der Waals surface area contributed by atoms with Crippen molar-refractivity contribution in [3.8, 4) is 0 Å². The normalized spacial score (nSPS) is 11.2. The van der Waals surface area contributed by atoms with Crippen molar-refractivity contribution < 1.29 is 0 Å². The molecule has 0 unspecified atom stereocenters. The van der Waals surface area contributed by atoms with Crippen molar-refractivity contribution in [1.82, 2.24) is 14.1 Å². The molecule has 2 heterocycles. The van der Waals surface area contributed by atoms with Crippen molar-refractivity contribution in [2.75, 3.05) is 0 Å². The predicted octanol–water partition coefficient (Wildman–Crippen LogP) is 2.89. The second-order valence-electron chi connectivity index (χ2n) is 5.55. The van der Waals surface area contributed by atoms with E-state index in [1.807, 2.05) is 31.2 Å². The van der Waals surface area contributed by atoms with Gasteiger partial charge >= 0.3 is 5.69 Å². The van der Waals surface area contributed by atoms with E-state index in [-0.39, 0.29) is 11.2 Å². The predicted molar refractivity (Wildman–Crippen MR) is 98.0 cm³/mol. The van der Waals surface area contributed by atoms with Crippen molar-refractivity contribution in [1.29, 1.82) is 0 Å². The lowest BCUT2D eigenvalue weighted by Gasteiger charge is -2.12. The molecule has 5 nitrogen and oxygen atoms in total. The fourth-order valence-corrected chi connectivity index (χ4v) is 3.99. The van der Waals surface area contributed by atoms with Gasteiger partial charge in [0.05, 0.1) is 5.39 Å². The number of hydrogen-bond donors (Lipinski definition) is 0. The lowest BCUT2D eigenvalue weighted by Crippen LogP contribution is -2.37. The molecule has 0 saturated heterocycles. The molecule has 0 fully saturated rings. The molecule has 0 amide bonds. The number of aromatic nitrogens is 3. The third-order valence-electron chi connectivity index (χ3n) is 3.93. The number of benzene rings is 1. The van der Waals surface area contributed by atoms with Gasteiger partial charge in [-0.05, 0) is 24.1 Å². The van der Waals surface area contributed by atoms with Gasteiger partial charge in [0.2, 0.25) is 0 Å². The third-order valence-corrected chi connectivity index (χ3v) is 5.57. The summed E-state index contributed by atoms with van der Waals surface area (Å²) in [7, 11) is 3.10. The Morgan fingerprint density at radius 1 is 1.17 bits per heavy atom. The van der Waals surface area contributed by atoms with Crippen LogP contribution in [0.15, 0.2) is 44.9 Å². The average molecular weight is 362 g/mol. The Bertz CT molecular complexity index is 1060. The number of aryl methyl sites for hydroxylation is 2. The minimum atomic E-state index is -0.383. The molecule has 1 aromatic carbocycles. The summed E-state index contributed by atoms with van der Waals surface area (Å²) in [5.41, 5.74) is 1.58. The number of halogens is 1. The maximum absolute atomic E-state index is 12.6. The number of thioether (sulfide) groups is 1. The van der Waals surface area contributed by atoms with Crippen LogP contribution >= 0.6 is 23.4 Å². The smallest absolute Gasteiger partial charge is 0.280 e. The van der Waals surface area contributed by atoms with Gasteiger partial charge in [-0.15, -0.1) is 11.8 Å². The summed E-state index contributed by atoms with van der Waals surface area (Å²) in [6, 6.07) is 7.62. The van der Waals surface area contributed by atoms with Crippen LogP contribution in [0.3, 0.4) is 0 Å². The van der Waals surface area contributed by atoms with Crippen LogP contribution in [0.25, 0.3) is 11.0 Å². The van der Waals surface area contributed by atoms with Crippen molar-refractivity contribution in [2.45, 2.75) is 17.6 Å². The number of fused-ring (bicyclic) bond motifs is 1. The molecule has 0 bridgehead atoms. The Labute approximate surface area is 147 Å². The van der Waals surface area contributed by atoms with Crippen LogP contribution in [0.5, 0.6) is 0 Å². The fraction of sp³-hybridized carbons (Fsp3) is 0.235. The number of rotatable bonds is 3. The number of hydrogen-bond acceptors (Lipinski definition) is 4. The van der Waals surface area contributed by atoms with Crippen LogP contribution < -0.4 is 11.2 Å². The molecule has 0 aliphatic rings. The van der Waals surface area contributed by atoms with Gasteiger partial charge in [0, 0.05) is 36.0 Å². The Morgan fingerprint density at radius 3 is 2.58 bits per heavy atom. The van der Waals surface area contributed by atoms with E-state index >= 15 is 0 Å². The maximum Gasteiger partial charge on any atom is 0.332 e. The summed E-state index contributed by atoms with van der Waals surface area (Å²) in [5, 5.41) is 1.16. The highest BCUT2D eigenvalue weighted by Gasteiger charge is 2.16. The lowest BCUT2D eigenvalue weighted by molar-refractivity contribution is 0.705. The van der Waals surface area contributed by atoms with Gasteiger partial charge in [-0.1, -0.05) is 29.8 Å². The SMILES string of the molecule is Cc1cnc2c(c1SCc1ccccc1Cl)c(=O)n(C)c(=O)n2C. The Kier molecular flexibility index (Phi) is 4.51. The second kappa shape index (κ2) is 6.45. The summed E-state index contributed by atoms with van der Waals surface area (Å²) in [5.74, 6) is 0.631. The molecule has 3 aromatic rings. The largest absolute Gasteiger partial charge is 0.332 e. The minimum absolute atomic E-state index is 0.328. The average Bonchev–Trinajstić information content (AvgIpc) is 2.58. The molecule has 0 spiro atoms. The molecule has 0 N–H and O–H groups in total. The highest BCUT2D eigenvalue weighted by atomic mass is 35.5. The van der Waals surface area contributed by atoms with Crippen LogP contribution in [0.4, 0.5) is 0 Å². The van der Waals surface area contributed by atoms with Crippen LogP contribution in [-0.4, -0.2) is 14.1 Å². The van der Waals surface area contributed by atoms with E-state index in [1.165, 1.54) is 23.4 Å². The monoisotopic (exact) mass is 361 g/mol. The molecule has 0 aliphatic heterocycles. The van der Waals surface area contributed by atoms with Crippen molar-refractivity contribution in [3.63, 3.8) is 0 Å². The first kappa shape index (κ1) is 16.8. The Balaban J connectivity index is 2.17. The van der Waals surface area contributed by atoms with E-state index in [2.05, 4.69) is 4.98 Å². The highest BCUT2D eigenvalue weighted by molar-refractivity contribution is 7.98. The van der Waals surface area contributed by atoms with Gasteiger partial charge in [0.15, 0.2) is 0 Å². The zero-order valence-electron chi connectivity index (χ0n) is 13.5. The molecule has 0 aliphatic carbocycles. The maximum atomic E-state index is 12.6. The van der Waals surface area contributed by atoms with E-state index in [1.54, 1.807) is 13.2 Å². The summed E-state index contributed by atoms with van der Waals surface area (Å²) < 4.78 is 2.51. The van der Waals surface area contributed by atoms with Crippen LogP contribution in [0.1, 0.15) is 11.1 Å². The zero-order chi connectivity index (χ0) is 17.4. The molecule has 24 heavy (non-hydrogen) atoms. The van der Waals surface area contributed by atoms with Gasteiger partial charge in [-0.2, -0.15) is 0 Å². The van der Waals surface area contributed by atoms with Crippen molar-refractivity contribution >= 4 is 34.4 Å².